The van der Waals surface area contributed by atoms with Gasteiger partial charge >= 0.3 is 0 Å². The molecule has 1 aromatic carbocycles. The third-order valence-electron chi connectivity index (χ3n) is 4.61. The number of hydrogen-bond donors (Lipinski definition) is 1. The topological polar surface area (TPSA) is 35.6 Å². The lowest BCUT2D eigenvalue weighted by Gasteiger charge is -2.33. The van der Waals surface area contributed by atoms with Crippen molar-refractivity contribution in [2.75, 3.05) is 39.3 Å². The van der Waals surface area contributed by atoms with Gasteiger partial charge in [0.25, 0.3) is 0 Å². The summed E-state index contributed by atoms with van der Waals surface area (Å²) < 4.78 is 0. The Hall–Kier alpha value is -1.39. The van der Waals surface area contributed by atoms with E-state index in [2.05, 4.69) is 40.5 Å². The largest absolute Gasteiger partial charge is 0.339 e. The van der Waals surface area contributed by atoms with E-state index in [-0.39, 0.29) is 6.04 Å². The predicted molar refractivity (Wildman–Crippen MR) is 84.2 cm³/mol. The number of amides is 1. The molecule has 0 aliphatic carbocycles. The van der Waals surface area contributed by atoms with Crippen LogP contribution in [0.4, 0.5) is 0 Å². The molecule has 1 aromatic rings. The molecule has 2 fully saturated rings. The van der Waals surface area contributed by atoms with Crippen LogP contribution >= 0.6 is 0 Å². The van der Waals surface area contributed by atoms with Crippen molar-refractivity contribution in [2.24, 2.45) is 0 Å². The Morgan fingerprint density at radius 2 is 1.90 bits per heavy atom. The summed E-state index contributed by atoms with van der Waals surface area (Å²) in [5.41, 5.74) is 1.36. The van der Waals surface area contributed by atoms with Gasteiger partial charge in [-0.1, -0.05) is 30.3 Å². The third kappa shape index (κ3) is 3.63. The van der Waals surface area contributed by atoms with Crippen molar-refractivity contribution in [3.8, 4) is 0 Å². The minimum absolute atomic E-state index is 0.117. The first-order valence-corrected chi connectivity index (χ1v) is 8.12. The van der Waals surface area contributed by atoms with Crippen molar-refractivity contribution < 1.29 is 4.79 Å². The predicted octanol–water partition coefficient (Wildman–Crippen LogP) is 1.13. The number of nitrogens with zero attached hydrogens (tertiary/aromatic N) is 2. The Bertz CT molecular complexity index is 456. The van der Waals surface area contributed by atoms with Crippen LogP contribution in [-0.4, -0.2) is 61.0 Å². The summed E-state index contributed by atoms with van der Waals surface area (Å²) >= 11 is 0. The first-order valence-electron chi connectivity index (χ1n) is 8.12. The average Bonchev–Trinajstić information content (AvgIpc) is 3.02. The van der Waals surface area contributed by atoms with Crippen LogP contribution in [-0.2, 0) is 11.2 Å². The molecule has 0 bridgehead atoms. The van der Waals surface area contributed by atoms with E-state index in [0.717, 1.165) is 58.5 Å². The van der Waals surface area contributed by atoms with Crippen molar-refractivity contribution in [2.45, 2.75) is 25.3 Å². The van der Waals surface area contributed by atoms with Crippen LogP contribution in [0.15, 0.2) is 30.3 Å². The lowest BCUT2D eigenvalue weighted by Crippen LogP contribution is -2.52. The highest BCUT2D eigenvalue weighted by molar-refractivity contribution is 5.82. The first-order chi connectivity index (χ1) is 10.3. The highest BCUT2D eigenvalue weighted by Crippen LogP contribution is 2.20. The lowest BCUT2D eigenvalue weighted by atomic mass is 10.1. The van der Waals surface area contributed by atoms with E-state index < -0.39 is 0 Å². The monoisotopic (exact) mass is 287 g/mol. The number of piperazine rings is 1. The normalized spacial score (nSPS) is 23.4. The molecule has 1 amide bonds. The molecule has 2 saturated heterocycles. The molecular weight excluding hydrogens is 262 g/mol. The van der Waals surface area contributed by atoms with E-state index in [9.17, 15) is 4.79 Å². The molecule has 2 heterocycles. The molecule has 0 aromatic heterocycles. The molecule has 0 saturated carbocycles. The summed E-state index contributed by atoms with van der Waals surface area (Å²) in [5, 5.41) is 3.31. The van der Waals surface area contributed by atoms with Gasteiger partial charge in [0.05, 0.1) is 6.04 Å². The number of nitrogens with one attached hydrogen (secondary N) is 1. The SMILES string of the molecule is O=C(C1CCCN1CCc1ccccc1)N1CCNCC1. The second-order valence-electron chi connectivity index (χ2n) is 6.00. The number of rotatable bonds is 4. The second-order valence-corrected chi connectivity index (χ2v) is 6.00. The smallest absolute Gasteiger partial charge is 0.240 e. The second kappa shape index (κ2) is 7.05. The summed E-state index contributed by atoms with van der Waals surface area (Å²) in [6.45, 7) is 5.65. The van der Waals surface area contributed by atoms with Gasteiger partial charge in [-0.05, 0) is 31.4 Å². The molecule has 0 spiro atoms. The summed E-state index contributed by atoms with van der Waals surface area (Å²) in [6, 6.07) is 10.7. The van der Waals surface area contributed by atoms with Gasteiger partial charge in [0.15, 0.2) is 0 Å². The highest BCUT2D eigenvalue weighted by Gasteiger charge is 2.33. The molecule has 0 radical (unpaired) electrons. The maximum atomic E-state index is 12.7. The van der Waals surface area contributed by atoms with Gasteiger partial charge in [-0.3, -0.25) is 9.69 Å². The number of hydrogen-bond acceptors (Lipinski definition) is 3. The van der Waals surface area contributed by atoms with Gasteiger partial charge < -0.3 is 10.2 Å². The summed E-state index contributed by atoms with van der Waals surface area (Å²) in [4.78, 5) is 17.1. The van der Waals surface area contributed by atoms with E-state index in [4.69, 9.17) is 0 Å². The summed E-state index contributed by atoms with van der Waals surface area (Å²) in [5.74, 6) is 0.349. The summed E-state index contributed by atoms with van der Waals surface area (Å²) in [7, 11) is 0. The van der Waals surface area contributed by atoms with Gasteiger partial charge in [-0.15, -0.1) is 0 Å². The molecule has 4 nitrogen and oxygen atoms in total. The molecule has 2 aliphatic heterocycles. The third-order valence-corrected chi connectivity index (χ3v) is 4.61. The van der Waals surface area contributed by atoms with Gasteiger partial charge in [-0.25, -0.2) is 0 Å². The summed E-state index contributed by atoms with van der Waals surface area (Å²) in [6.07, 6.45) is 3.21. The van der Waals surface area contributed by atoms with E-state index in [1.54, 1.807) is 0 Å². The fourth-order valence-corrected chi connectivity index (χ4v) is 3.39. The molecular formula is C17H25N3O. The van der Waals surface area contributed by atoms with Gasteiger partial charge in [0.1, 0.15) is 0 Å². The molecule has 2 aliphatic rings. The Balaban J connectivity index is 1.56. The number of likely N-dealkylation sites (tertiary alicyclic amines) is 1. The van der Waals surface area contributed by atoms with Crippen LogP contribution in [0.1, 0.15) is 18.4 Å². The minimum atomic E-state index is 0.117. The van der Waals surface area contributed by atoms with Crippen molar-refractivity contribution in [1.29, 1.82) is 0 Å². The fraction of sp³-hybridized carbons (Fsp3) is 0.588. The fourth-order valence-electron chi connectivity index (χ4n) is 3.39. The van der Waals surface area contributed by atoms with Gasteiger partial charge in [0.2, 0.25) is 5.91 Å². The van der Waals surface area contributed by atoms with Crippen LogP contribution in [0.5, 0.6) is 0 Å². The molecule has 3 rings (SSSR count). The molecule has 4 heteroatoms. The van der Waals surface area contributed by atoms with Crippen LogP contribution in [0, 0.1) is 0 Å². The maximum absolute atomic E-state index is 12.7. The highest BCUT2D eigenvalue weighted by atomic mass is 16.2. The lowest BCUT2D eigenvalue weighted by molar-refractivity contribution is -0.136. The van der Waals surface area contributed by atoms with E-state index >= 15 is 0 Å². The first kappa shape index (κ1) is 14.5. The van der Waals surface area contributed by atoms with Crippen LogP contribution in [0.2, 0.25) is 0 Å². The number of benzene rings is 1. The standard InChI is InChI=1S/C17H25N3O/c21-17(20-13-9-18-10-14-20)16-7-4-11-19(16)12-8-15-5-2-1-3-6-15/h1-3,5-6,16,18H,4,7-14H2. The van der Waals surface area contributed by atoms with Crippen molar-refractivity contribution in [3.63, 3.8) is 0 Å². The molecule has 1 atom stereocenters. The molecule has 1 N–H and O–H groups in total. The molecule has 21 heavy (non-hydrogen) atoms. The van der Waals surface area contributed by atoms with Crippen LogP contribution in [0.25, 0.3) is 0 Å². The minimum Gasteiger partial charge on any atom is -0.339 e. The van der Waals surface area contributed by atoms with Crippen molar-refractivity contribution in [1.82, 2.24) is 15.1 Å². The number of carbonyl (C=O) groups excluding carboxylic acids is 1. The Morgan fingerprint density at radius 1 is 1.14 bits per heavy atom. The average molecular weight is 287 g/mol. The number of carbonyl (C=O) groups is 1. The zero-order chi connectivity index (χ0) is 14.5. The van der Waals surface area contributed by atoms with Crippen molar-refractivity contribution >= 4 is 5.91 Å². The molecule has 1 unspecified atom stereocenters. The van der Waals surface area contributed by atoms with E-state index in [1.165, 1.54) is 5.56 Å². The quantitative estimate of drug-likeness (QED) is 0.901. The van der Waals surface area contributed by atoms with Gasteiger partial charge in [-0.2, -0.15) is 0 Å². The Labute approximate surface area is 127 Å². The maximum Gasteiger partial charge on any atom is 0.240 e. The van der Waals surface area contributed by atoms with E-state index in [1.807, 2.05) is 4.90 Å². The Kier molecular flexibility index (Phi) is 4.88. The van der Waals surface area contributed by atoms with Gasteiger partial charge in [0, 0.05) is 32.7 Å². The van der Waals surface area contributed by atoms with Crippen molar-refractivity contribution in [3.05, 3.63) is 35.9 Å². The Morgan fingerprint density at radius 3 is 2.67 bits per heavy atom. The zero-order valence-electron chi connectivity index (χ0n) is 12.6. The zero-order valence-corrected chi connectivity index (χ0v) is 12.6. The van der Waals surface area contributed by atoms with E-state index in [0.29, 0.717) is 5.91 Å². The molecule has 114 valence electrons. The van der Waals surface area contributed by atoms with Crippen LogP contribution in [0.3, 0.4) is 0 Å². The van der Waals surface area contributed by atoms with Crippen LogP contribution < -0.4 is 5.32 Å².